The van der Waals surface area contributed by atoms with Gasteiger partial charge in [0.25, 0.3) is 0 Å². The van der Waals surface area contributed by atoms with Crippen molar-refractivity contribution in [2.75, 3.05) is 0 Å². The molecule has 1 N–H and O–H groups in total. The SMILES string of the molecule is N=NC1=CC=CC(Br)O1. The van der Waals surface area contributed by atoms with Crippen LogP contribution in [0.25, 0.3) is 0 Å². The maximum Gasteiger partial charge on any atom is 0.234 e. The van der Waals surface area contributed by atoms with E-state index in [1.54, 1.807) is 12.2 Å². The van der Waals surface area contributed by atoms with Gasteiger partial charge in [0, 0.05) is 6.08 Å². The Morgan fingerprint density at radius 2 is 2.56 bits per heavy atom. The van der Waals surface area contributed by atoms with Crippen LogP contribution in [-0.2, 0) is 4.74 Å². The molecule has 4 heteroatoms. The van der Waals surface area contributed by atoms with Crippen molar-refractivity contribution >= 4 is 15.9 Å². The number of nitrogens with zero attached hydrogens (tertiary/aromatic N) is 1. The first-order valence-corrected chi connectivity index (χ1v) is 3.31. The van der Waals surface area contributed by atoms with Crippen molar-refractivity contribution in [1.82, 2.24) is 0 Å². The van der Waals surface area contributed by atoms with Crippen LogP contribution in [0.5, 0.6) is 0 Å². The second-order valence-electron chi connectivity index (χ2n) is 1.47. The summed E-state index contributed by atoms with van der Waals surface area (Å²) < 4.78 is 4.97. The van der Waals surface area contributed by atoms with Crippen LogP contribution in [0.3, 0.4) is 0 Å². The first-order chi connectivity index (χ1) is 4.33. The Hall–Kier alpha value is -0.640. The molecule has 0 spiro atoms. The lowest BCUT2D eigenvalue weighted by atomic mass is 10.4. The van der Waals surface area contributed by atoms with Crippen molar-refractivity contribution in [2.45, 2.75) is 5.01 Å². The molecule has 1 heterocycles. The molecule has 0 saturated carbocycles. The third kappa shape index (κ3) is 1.64. The lowest BCUT2D eigenvalue weighted by Gasteiger charge is -2.10. The van der Waals surface area contributed by atoms with Gasteiger partial charge in [0.15, 0.2) is 5.01 Å². The predicted octanol–water partition coefficient (Wildman–Crippen LogP) is 2.17. The van der Waals surface area contributed by atoms with Crippen LogP contribution in [0, 0.1) is 5.53 Å². The molecule has 0 radical (unpaired) electrons. The summed E-state index contributed by atoms with van der Waals surface area (Å²) in [6.45, 7) is 0. The van der Waals surface area contributed by atoms with Gasteiger partial charge in [-0.1, -0.05) is 6.08 Å². The minimum absolute atomic E-state index is 0.133. The van der Waals surface area contributed by atoms with Crippen LogP contribution in [0.1, 0.15) is 0 Å². The number of hydrogen-bond donors (Lipinski definition) is 1. The maximum atomic E-state index is 6.56. The first kappa shape index (κ1) is 6.48. The second kappa shape index (κ2) is 2.77. The van der Waals surface area contributed by atoms with Gasteiger partial charge < -0.3 is 4.74 Å². The number of hydrogen-bond acceptors (Lipinski definition) is 3. The molecule has 1 rings (SSSR count). The summed E-state index contributed by atoms with van der Waals surface area (Å²) in [5.41, 5.74) is 6.56. The van der Waals surface area contributed by atoms with Crippen molar-refractivity contribution in [2.24, 2.45) is 5.11 Å². The van der Waals surface area contributed by atoms with Gasteiger partial charge in [-0.15, -0.1) is 5.11 Å². The van der Waals surface area contributed by atoms with Gasteiger partial charge in [0.1, 0.15) is 0 Å². The molecule has 0 bridgehead atoms. The number of allylic oxidation sites excluding steroid dienone is 2. The lowest BCUT2D eigenvalue weighted by Crippen LogP contribution is -2.01. The standard InChI is InChI=1S/C5H5BrN2O/c6-4-2-1-3-5(8-7)9-4/h1-4,7H. The Kier molecular flexibility index (Phi) is 2.00. The van der Waals surface area contributed by atoms with Crippen LogP contribution in [-0.4, -0.2) is 5.01 Å². The summed E-state index contributed by atoms with van der Waals surface area (Å²) >= 11 is 3.18. The van der Waals surface area contributed by atoms with Gasteiger partial charge in [-0.2, -0.15) is 0 Å². The Labute approximate surface area is 61.0 Å². The van der Waals surface area contributed by atoms with E-state index < -0.39 is 0 Å². The van der Waals surface area contributed by atoms with Crippen LogP contribution in [0.2, 0.25) is 0 Å². The largest absolute Gasteiger partial charge is 0.457 e. The highest BCUT2D eigenvalue weighted by atomic mass is 79.9. The van der Waals surface area contributed by atoms with Gasteiger partial charge in [-0.05, 0) is 22.0 Å². The topological polar surface area (TPSA) is 45.4 Å². The average molecular weight is 189 g/mol. The van der Waals surface area contributed by atoms with Gasteiger partial charge in [-0.3, -0.25) is 0 Å². The molecule has 9 heavy (non-hydrogen) atoms. The van der Waals surface area contributed by atoms with Crippen LogP contribution in [0.4, 0.5) is 0 Å². The van der Waals surface area contributed by atoms with Crippen molar-refractivity contribution in [3.8, 4) is 0 Å². The zero-order valence-electron chi connectivity index (χ0n) is 4.54. The fourth-order valence-electron chi connectivity index (χ4n) is 0.483. The van der Waals surface area contributed by atoms with E-state index in [1.165, 1.54) is 0 Å². The Balaban J connectivity index is 2.65. The van der Waals surface area contributed by atoms with Gasteiger partial charge in [0.05, 0.1) is 0 Å². The molecule has 1 aliphatic heterocycles. The highest BCUT2D eigenvalue weighted by molar-refractivity contribution is 9.09. The van der Waals surface area contributed by atoms with Crippen LogP contribution < -0.4 is 0 Å². The smallest absolute Gasteiger partial charge is 0.234 e. The monoisotopic (exact) mass is 188 g/mol. The maximum absolute atomic E-state index is 6.56. The summed E-state index contributed by atoms with van der Waals surface area (Å²) in [4.78, 5) is 0. The zero-order chi connectivity index (χ0) is 6.69. The van der Waals surface area contributed by atoms with Crippen LogP contribution >= 0.6 is 15.9 Å². The van der Waals surface area contributed by atoms with E-state index in [9.17, 15) is 0 Å². The van der Waals surface area contributed by atoms with E-state index in [0.717, 1.165) is 0 Å². The molecule has 3 nitrogen and oxygen atoms in total. The van der Waals surface area contributed by atoms with E-state index in [4.69, 9.17) is 10.3 Å². The number of ether oxygens (including phenoxy) is 1. The molecular formula is C5H5BrN2O. The Morgan fingerprint density at radius 1 is 1.78 bits per heavy atom. The minimum atomic E-state index is -0.133. The molecule has 0 aliphatic carbocycles. The molecule has 0 aromatic rings. The number of halogens is 1. The number of nitrogens with one attached hydrogen (secondary N) is 1. The molecule has 1 atom stereocenters. The van der Waals surface area contributed by atoms with E-state index in [-0.39, 0.29) is 5.01 Å². The minimum Gasteiger partial charge on any atom is -0.457 e. The normalized spacial score (nSPS) is 24.6. The van der Waals surface area contributed by atoms with Gasteiger partial charge in [-0.25, -0.2) is 5.53 Å². The molecule has 1 unspecified atom stereocenters. The molecule has 0 saturated heterocycles. The fourth-order valence-corrected chi connectivity index (χ4v) is 0.850. The van der Waals surface area contributed by atoms with Crippen molar-refractivity contribution in [3.63, 3.8) is 0 Å². The number of rotatable bonds is 1. The predicted molar refractivity (Wildman–Crippen MR) is 36.2 cm³/mol. The fraction of sp³-hybridized carbons (Fsp3) is 0.200. The third-order valence-corrected chi connectivity index (χ3v) is 1.34. The Morgan fingerprint density at radius 3 is 3.00 bits per heavy atom. The highest BCUT2D eigenvalue weighted by Gasteiger charge is 2.05. The summed E-state index contributed by atoms with van der Waals surface area (Å²) in [6.07, 6.45) is 5.23. The number of alkyl halides is 1. The van der Waals surface area contributed by atoms with Crippen molar-refractivity contribution in [1.29, 1.82) is 5.53 Å². The molecule has 0 aromatic carbocycles. The molecule has 48 valence electrons. The molecule has 1 aliphatic rings. The van der Waals surface area contributed by atoms with Crippen molar-refractivity contribution < 1.29 is 4.74 Å². The quantitative estimate of drug-likeness (QED) is 0.498. The van der Waals surface area contributed by atoms with Crippen LogP contribution in [0.15, 0.2) is 29.2 Å². The van der Waals surface area contributed by atoms with Gasteiger partial charge >= 0.3 is 0 Å². The molecule has 0 amide bonds. The zero-order valence-corrected chi connectivity index (χ0v) is 6.13. The summed E-state index contributed by atoms with van der Waals surface area (Å²) in [7, 11) is 0. The molecule has 0 aromatic heterocycles. The lowest BCUT2D eigenvalue weighted by molar-refractivity contribution is 0.215. The second-order valence-corrected chi connectivity index (χ2v) is 2.37. The third-order valence-electron chi connectivity index (χ3n) is 0.845. The van der Waals surface area contributed by atoms with Gasteiger partial charge in [0.2, 0.25) is 5.88 Å². The van der Waals surface area contributed by atoms with E-state index in [1.807, 2.05) is 6.08 Å². The summed E-state index contributed by atoms with van der Waals surface area (Å²) in [5.74, 6) is 0.333. The van der Waals surface area contributed by atoms with E-state index in [2.05, 4.69) is 21.0 Å². The molecule has 0 fully saturated rings. The van der Waals surface area contributed by atoms with E-state index in [0.29, 0.717) is 5.88 Å². The summed E-state index contributed by atoms with van der Waals surface area (Å²) in [5, 5.41) is 2.97. The highest BCUT2D eigenvalue weighted by Crippen LogP contribution is 2.15. The Bertz CT molecular complexity index is 176. The first-order valence-electron chi connectivity index (χ1n) is 2.39. The average Bonchev–Trinajstić information content (AvgIpc) is 1.88. The van der Waals surface area contributed by atoms with Crippen molar-refractivity contribution in [3.05, 3.63) is 24.1 Å². The summed E-state index contributed by atoms with van der Waals surface area (Å²) in [6, 6.07) is 0. The molecular weight excluding hydrogens is 184 g/mol. The van der Waals surface area contributed by atoms with E-state index >= 15 is 0 Å².